The summed E-state index contributed by atoms with van der Waals surface area (Å²) in [6, 6.07) is 101. The molecule has 0 aliphatic heterocycles. The van der Waals surface area contributed by atoms with Crippen LogP contribution < -0.4 is 4.90 Å². The fourth-order valence-corrected chi connectivity index (χ4v) is 9.90. The van der Waals surface area contributed by atoms with Gasteiger partial charge in [0.05, 0.1) is 11.0 Å². The molecular formula is C66H46N2. The molecule has 0 aliphatic rings. The minimum absolute atomic E-state index is 1.07. The van der Waals surface area contributed by atoms with Gasteiger partial charge in [0, 0.05) is 33.5 Å². The number of hydrogen-bond donors (Lipinski definition) is 0. The molecule has 0 unspecified atom stereocenters. The number of hydrogen-bond acceptors (Lipinski definition) is 1. The number of anilines is 3. The van der Waals surface area contributed by atoms with Gasteiger partial charge in [0.25, 0.3) is 0 Å². The van der Waals surface area contributed by atoms with Gasteiger partial charge < -0.3 is 9.47 Å². The van der Waals surface area contributed by atoms with Crippen LogP contribution in [0.1, 0.15) is 0 Å². The van der Waals surface area contributed by atoms with Crippen LogP contribution in [0.5, 0.6) is 0 Å². The number of rotatable bonds is 10. The largest absolute Gasteiger partial charge is 0.310 e. The van der Waals surface area contributed by atoms with Gasteiger partial charge in [-0.05, 0) is 152 Å². The number of fused-ring (bicyclic) bond motifs is 3. The van der Waals surface area contributed by atoms with E-state index in [1.807, 2.05) is 0 Å². The van der Waals surface area contributed by atoms with Gasteiger partial charge in [-0.25, -0.2) is 0 Å². The average molecular weight is 867 g/mol. The van der Waals surface area contributed by atoms with Gasteiger partial charge in [-0.2, -0.15) is 0 Å². The van der Waals surface area contributed by atoms with Crippen molar-refractivity contribution in [1.82, 2.24) is 4.57 Å². The maximum atomic E-state index is 2.43. The van der Waals surface area contributed by atoms with Crippen LogP contribution in [0.4, 0.5) is 17.1 Å². The number of nitrogens with zero attached hydrogens (tertiary/aromatic N) is 2. The highest BCUT2D eigenvalue weighted by Gasteiger charge is 2.20. The monoisotopic (exact) mass is 866 g/mol. The van der Waals surface area contributed by atoms with Crippen LogP contribution in [-0.2, 0) is 0 Å². The lowest BCUT2D eigenvalue weighted by atomic mass is 9.93. The zero-order chi connectivity index (χ0) is 45.2. The predicted molar refractivity (Wildman–Crippen MR) is 288 cm³/mol. The molecule has 0 atom stereocenters. The first-order valence-electron chi connectivity index (χ1n) is 23.3. The third-order valence-corrected chi connectivity index (χ3v) is 13.1. The Kier molecular flexibility index (Phi) is 10.6. The van der Waals surface area contributed by atoms with Gasteiger partial charge >= 0.3 is 0 Å². The van der Waals surface area contributed by atoms with Crippen LogP contribution in [0, 0.1) is 0 Å². The fourth-order valence-electron chi connectivity index (χ4n) is 9.90. The van der Waals surface area contributed by atoms with Crippen LogP contribution in [0.3, 0.4) is 0 Å². The summed E-state index contributed by atoms with van der Waals surface area (Å²) in [6.07, 6.45) is 0. The lowest BCUT2D eigenvalue weighted by molar-refractivity contribution is 1.18. The Labute approximate surface area is 397 Å². The molecule has 68 heavy (non-hydrogen) atoms. The van der Waals surface area contributed by atoms with Crippen molar-refractivity contribution >= 4 is 38.9 Å². The van der Waals surface area contributed by atoms with Gasteiger partial charge in [-0.3, -0.25) is 0 Å². The zero-order valence-electron chi connectivity index (χ0n) is 37.5. The molecule has 0 saturated carbocycles. The molecule has 0 bridgehead atoms. The first-order chi connectivity index (χ1) is 33.7. The van der Waals surface area contributed by atoms with E-state index in [-0.39, 0.29) is 0 Å². The molecule has 12 aromatic rings. The van der Waals surface area contributed by atoms with E-state index in [1.54, 1.807) is 0 Å². The Hall–Kier alpha value is -8.98. The predicted octanol–water partition coefficient (Wildman–Crippen LogP) is 18.3. The summed E-state index contributed by atoms with van der Waals surface area (Å²) >= 11 is 0. The first-order valence-corrected chi connectivity index (χ1v) is 23.3. The highest BCUT2D eigenvalue weighted by atomic mass is 15.1. The van der Waals surface area contributed by atoms with E-state index in [1.165, 1.54) is 66.3 Å². The topological polar surface area (TPSA) is 8.17 Å². The molecule has 320 valence electrons. The van der Waals surface area contributed by atoms with Crippen molar-refractivity contribution in [1.29, 1.82) is 0 Å². The standard InChI is InChI=1S/C66H46N2/c1-6-20-47(21-7-1)53-40-54(48-22-8-2-9-23-48)42-55(41-53)51-36-38-59(39-37-51)67(61-45-56(49-24-10-3-11-25-49)43-57(46-61)50-26-12-4-13-27-50)60-31-18-28-52(44-60)62-33-19-35-65-66(62)63-32-16-17-34-64(63)68(65)58-29-14-5-15-30-58/h1-46H. The molecule has 0 fully saturated rings. The van der Waals surface area contributed by atoms with Crippen molar-refractivity contribution in [3.8, 4) is 72.4 Å². The molecule has 2 nitrogen and oxygen atoms in total. The second kappa shape index (κ2) is 17.8. The summed E-state index contributed by atoms with van der Waals surface area (Å²) in [7, 11) is 0. The van der Waals surface area contributed by atoms with Gasteiger partial charge in [-0.15, -0.1) is 0 Å². The van der Waals surface area contributed by atoms with E-state index in [4.69, 9.17) is 0 Å². The van der Waals surface area contributed by atoms with E-state index < -0.39 is 0 Å². The Morgan fingerprint density at radius 2 is 0.632 bits per heavy atom. The SMILES string of the molecule is c1ccc(-c2cc(-c3ccccc3)cc(-c3ccc(N(c4cc(-c5ccccc5)cc(-c5ccccc5)c4)c4cccc(-c5cccc6c5c5ccccc5n6-c5ccccc5)c4)cc3)c2)cc1. The minimum atomic E-state index is 1.07. The number of para-hydroxylation sites is 2. The molecular weight excluding hydrogens is 821 g/mol. The summed E-state index contributed by atoms with van der Waals surface area (Å²) in [5, 5.41) is 2.47. The third-order valence-electron chi connectivity index (χ3n) is 13.1. The molecule has 0 amide bonds. The van der Waals surface area contributed by atoms with Crippen molar-refractivity contribution in [2.75, 3.05) is 4.90 Å². The summed E-state index contributed by atoms with van der Waals surface area (Å²) in [5.74, 6) is 0. The Bertz CT molecular complexity index is 3580. The third kappa shape index (κ3) is 7.74. The van der Waals surface area contributed by atoms with E-state index in [0.29, 0.717) is 0 Å². The normalized spacial score (nSPS) is 11.2. The number of aromatic nitrogens is 1. The smallest absolute Gasteiger partial charge is 0.0547 e. The highest BCUT2D eigenvalue weighted by molar-refractivity contribution is 6.16. The molecule has 1 aromatic heterocycles. The summed E-state index contributed by atoms with van der Waals surface area (Å²) in [4.78, 5) is 2.43. The molecule has 0 N–H and O–H groups in total. The molecule has 2 heteroatoms. The summed E-state index contributed by atoms with van der Waals surface area (Å²) in [5.41, 5.74) is 20.8. The van der Waals surface area contributed by atoms with Crippen molar-refractivity contribution in [2.45, 2.75) is 0 Å². The highest BCUT2D eigenvalue weighted by Crippen LogP contribution is 2.44. The van der Waals surface area contributed by atoms with E-state index in [9.17, 15) is 0 Å². The van der Waals surface area contributed by atoms with Crippen LogP contribution >= 0.6 is 0 Å². The maximum Gasteiger partial charge on any atom is 0.0547 e. The van der Waals surface area contributed by atoms with Crippen LogP contribution in [-0.4, -0.2) is 4.57 Å². The van der Waals surface area contributed by atoms with Crippen LogP contribution in [0.2, 0.25) is 0 Å². The van der Waals surface area contributed by atoms with Crippen molar-refractivity contribution < 1.29 is 0 Å². The zero-order valence-corrected chi connectivity index (χ0v) is 37.5. The van der Waals surface area contributed by atoms with E-state index >= 15 is 0 Å². The van der Waals surface area contributed by atoms with E-state index in [0.717, 1.165) is 45.0 Å². The Balaban J connectivity index is 1.04. The van der Waals surface area contributed by atoms with Crippen LogP contribution in [0.15, 0.2) is 279 Å². The Morgan fingerprint density at radius 3 is 1.16 bits per heavy atom. The van der Waals surface area contributed by atoms with E-state index in [2.05, 4.69) is 289 Å². The minimum Gasteiger partial charge on any atom is -0.310 e. The van der Waals surface area contributed by atoms with Crippen LogP contribution in [0.25, 0.3) is 94.3 Å². The second-order valence-electron chi connectivity index (χ2n) is 17.4. The molecule has 0 radical (unpaired) electrons. The van der Waals surface area contributed by atoms with Gasteiger partial charge in [0.15, 0.2) is 0 Å². The molecule has 0 aliphatic carbocycles. The quantitative estimate of drug-likeness (QED) is 0.133. The van der Waals surface area contributed by atoms with Gasteiger partial charge in [0.1, 0.15) is 0 Å². The van der Waals surface area contributed by atoms with Crippen molar-refractivity contribution in [2.24, 2.45) is 0 Å². The number of benzene rings is 11. The summed E-state index contributed by atoms with van der Waals surface area (Å²) in [6.45, 7) is 0. The fraction of sp³-hybridized carbons (Fsp3) is 0. The van der Waals surface area contributed by atoms with Crippen molar-refractivity contribution in [3.05, 3.63) is 279 Å². The Morgan fingerprint density at radius 1 is 0.235 bits per heavy atom. The molecule has 1 heterocycles. The van der Waals surface area contributed by atoms with Gasteiger partial charge in [0.2, 0.25) is 0 Å². The molecule has 0 spiro atoms. The molecule has 11 aromatic carbocycles. The van der Waals surface area contributed by atoms with Crippen molar-refractivity contribution in [3.63, 3.8) is 0 Å². The van der Waals surface area contributed by atoms with Gasteiger partial charge in [-0.1, -0.05) is 194 Å². The maximum absolute atomic E-state index is 2.43. The molecule has 12 rings (SSSR count). The average Bonchev–Trinajstić information content (AvgIpc) is 3.77. The lowest BCUT2D eigenvalue weighted by Gasteiger charge is -2.28. The lowest BCUT2D eigenvalue weighted by Crippen LogP contribution is -2.10. The second-order valence-corrected chi connectivity index (χ2v) is 17.4. The molecule has 0 saturated heterocycles. The summed E-state index contributed by atoms with van der Waals surface area (Å²) < 4.78 is 2.39. The first kappa shape index (κ1) is 40.5.